The van der Waals surface area contributed by atoms with Crippen molar-refractivity contribution in [3.05, 3.63) is 82.4 Å². The Balaban J connectivity index is 2.02. The summed E-state index contributed by atoms with van der Waals surface area (Å²) in [6.07, 6.45) is 4.84. The van der Waals surface area contributed by atoms with Gasteiger partial charge >= 0.3 is 6.03 Å². The molecule has 2 amide bonds. The van der Waals surface area contributed by atoms with Crippen LogP contribution in [0.5, 0.6) is 11.5 Å². The Morgan fingerprint density at radius 1 is 1.13 bits per heavy atom. The monoisotopic (exact) mass is 555 g/mol. The summed E-state index contributed by atoms with van der Waals surface area (Å²) in [4.78, 5) is 27.6. The topological polar surface area (TPSA) is 126 Å². The van der Waals surface area contributed by atoms with Crippen LogP contribution in [0.25, 0.3) is 0 Å². The molecule has 1 aromatic heterocycles. The largest absolute Gasteiger partial charge is 0.495 e. The van der Waals surface area contributed by atoms with Crippen LogP contribution in [-0.2, 0) is 6.54 Å². The number of hydrogen-bond donors (Lipinski definition) is 3. The number of nitrogens with two attached hydrogens (primary N) is 1. The minimum atomic E-state index is -0.590. The molecule has 0 aliphatic carbocycles. The van der Waals surface area contributed by atoms with Crippen molar-refractivity contribution >= 4 is 58.8 Å². The van der Waals surface area contributed by atoms with Gasteiger partial charge < -0.3 is 25.8 Å². The molecule has 3 aromatic rings. The summed E-state index contributed by atoms with van der Waals surface area (Å²) in [5.41, 5.74) is 8.03. The SMILES string of the molecule is C=N/C(=C\C(=NC)N(Cc1cccnc1)C(=O)Nc1c(Cl)c(OC)cc(OC)c1Cl)Nc1ccccc1N. The van der Waals surface area contributed by atoms with Crippen molar-refractivity contribution in [1.29, 1.82) is 0 Å². The maximum Gasteiger partial charge on any atom is 0.327 e. The zero-order valence-corrected chi connectivity index (χ0v) is 22.5. The fourth-order valence-corrected chi connectivity index (χ4v) is 3.95. The van der Waals surface area contributed by atoms with Gasteiger partial charge in [0.25, 0.3) is 0 Å². The van der Waals surface area contributed by atoms with Crippen molar-refractivity contribution in [2.45, 2.75) is 6.54 Å². The van der Waals surface area contributed by atoms with Gasteiger partial charge in [0.05, 0.1) is 37.8 Å². The fraction of sp³-hybridized carbons (Fsp3) is 0.154. The normalized spacial score (nSPS) is 11.5. The Hall–Kier alpha value is -4.28. The summed E-state index contributed by atoms with van der Waals surface area (Å²) in [6.45, 7) is 3.73. The Labute approximate surface area is 230 Å². The van der Waals surface area contributed by atoms with E-state index in [1.54, 1.807) is 43.7 Å². The molecule has 1 heterocycles. The van der Waals surface area contributed by atoms with Crippen LogP contribution in [-0.4, -0.2) is 49.7 Å². The summed E-state index contributed by atoms with van der Waals surface area (Å²) in [6, 6.07) is 11.7. The maximum atomic E-state index is 13.7. The molecular formula is C26H27Cl2N7O3. The zero-order valence-electron chi connectivity index (χ0n) is 21.0. The van der Waals surface area contributed by atoms with E-state index in [-0.39, 0.29) is 39.6 Å². The number of ether oxygens (including phenoxy) is 2. The van der Waals surface area contributed by atoms with Gasteiger partial charge in [-0.15, -0.1) is 0 Å². The third-order valence-corrected chi connectivity index (χ3v) is 6.03. The molecule has 0 spiro atoms. The third kappa shape index (κ3) is 6.72. The molecule has 0 fully saturated rings. The highest BCUT2D eigenvalue weighted by atomic mass is 35.5. The van der Waals surface area contributed by atoms with Gasteiger partial charge in [-0.2, -0.15) is 0 Å². The first kappa shape index (κ1) is 28.3. The van der Waals surface area contributed by atoms with Crippen LogP contribution in [0.3, 0.4) is 0 Å². The van der Waals surface area contributed by atoms with Crippen molar-refractivity contribution < 1.29 is 14.3 Å². The number of urea groups is 1. The van der Waals surface area contributed by atoms with E-state index in [1.807, 2.05) is 18.2 Å². The average Bonchev–Trinajstić information content (AvgIpc) is 2.94. The zero-order chi connectivity index (χ0) is 27.7. The molecule has 2 aromatic carbocycles. The summed E-state index contributed by atoms with van der Waals surface area (Å²) >= 11 is 13.0. The van der Waals surface area contributed by atoms with Crippen LogP contribution in [0, 0.1) is 0 Å². The van der Waals surface area contributed by atoms with E-state index in [2.05, 4.69) is 32.3 Å². The molecule has 3 rings (SSSR count). The van der Waals surface area contributed by atoms with E-state index in [0.29, 0.717) is 17.2 Å². The van der Waals surface area contributed by atoms with E-state index in [1.165, 1.54) is 25.2 Å². The minimum Gasteiger partial charge on any atom is -0.495 e. The molecule has 0 saturated carbocycles. The van der Waals surface area contributed by atoms with E-state index in [0.717, 1.165) is 5.56 Å². The number of halogens is 2. The maximum absolute atomic E-state index is 13.7. The highest BCUT2D eigenvalue weighted by Gasteiger charge is 2.24. The van der Waals surface area contributed by atoms with Crippen molar-refractivity contribution in [2.24, 2.45) is 9.98 Å². The molecule has 0 saturated heterocycles. The molecule has 198 valence electrons. The Morgan fingerprint density at radius 2 is 1.82 bits per heavy atom. The Bertz CT molecular complexity index is 1340. The fourth-order valence-electron chi connectivity index (χ4n) is 3.36. The van der Waals surface area contributed by atoms with Crippen LogP contribution in [0.1, 0.15) is 5.56 Å². The Morgan fingerprint density at radius 3 is 2.37 bits per heavy atom. The summed E-state index contributed by atoms with van der Waals surface area (Å²) in [5, 5.41) is 6.07. The van der Waals surface area contributed by atoms with Crippen LogP contribution in [0.4, 0.5) is 21.9 Å². The van der Waals surface area contributed by atoms with Crippen molar-refractivity contribution in [3.8, 4) is 11.5 Å². The number of amides is 2. The second kappa shape index (κ2) is 13.3. The lowest BCUT2D eigenvalue weighted by molar-refractivity contribution is 0.232. The van der Waals surface area contributed by atoms with Crippen LogP contribution < -0.4 is 25.8 Å². The second-order valence-electron chi connectivity index (χ2n) is 7.64. The molecule has 4 N–H and O–H groups in total. The van der Waals surface area contributed by atoms with E-state index in [9.17, 15) is 4.79 Å². The van der Waals surface area contributed by atoms with E-state index >= 15 is 0 Å². The van der Waals surface area contributed by atoms with Gasteiger partial charge in [0.2, 0.25) is 0 Å². The molecular weight excluding hydrogens is 529 g/mol. The number of aromatic nitrogens is 1. The van der Waals surface area contributed by atoms with Crippen molar-refractivity contribution in [3.63, 3.8) is 0 Å². The van der Waals surface area contributed by atoms with Crippen molar-refractivity contribution in [1.82, 2.24) is 9.88 Å². The van der Waals surface area contributed by atoms with Gasteiger partial charge in [-0.05, 0) is 30.5 Å². The molecule has 0 bridgehead atoms. The molecule has 0 aliphatic rings. The second-order valence-corrected chi connectivity index (χ2v) is 8.40. The molecule has 38 heavy (non-hydrogen) atoms. The number of nitrogens with one attached hydrogen (secondary N) is 2. The van der Waals surface area contributed by atoms with Gasteiger partial charge in [0.1, 0.15) is 33.2 Å². The molecule has 0 unspecified atom stereocenters. The lowest BCUT2D eigenvalue weighted by Crippen LogP contribution is -2.39. The van der Waals surface area contributed by atoms with Gasteiger partial charge in [-0.25, -0.2) is 9.79 Å². The number of amidine groups is 1. The number of carbonyl (C=O) groups excluding carboxylic acids is 1. The van der Waals surface area contributed by atoms with Crippen LogP contribution >= 0.6 is 23.2 Å². The number of aliphatic imine (C=N–C) groups is 2. The van der Waals surface area contributed by atoms with Gasteiger partial charge in [0.15, 0.2) is 0 Å². The summed E-state index contributed by atoms with van der Waals surface area (Å²) in [7, 11) is 4.43. The predicted molar refractivity (Wildman–Crippen MR) is 154 cm³/mol. The first-order valence-electron chi connectivity index (χ1n) is 11.2. The molecule has 12 heteroatoms. The lowest BCUT2D eigenvalue weighted by Gasteiger charge is -2.24. The molecule has 0 atom stereocenters. The highest BCUT2D eigenvalue weighted by Crippen LogP contribution is 2.44. The number of para-hydroxylation sites is 2. The van der Waals surface area contributed by atoms with Gasteiger partial charge in [-0.3, -0.25) is 14.9 Å². The molecule has 10 nitrogen and oxygen atoms in total. The number of carbonyl (C=O) groups is 1. The first-order valence-corrected chi connectivity index (χ1v) is 11.9. The number of methoxy groups -OCH3 is 2. The number of anilines is 3. The quantitative estimate of drug-likeness (QED) is 0.176. The van der Waals surface area contributed by atoms with Gasteiger partial charge in [0, 0.05) is 31.6 Å². The van der Waals surface area contributed by atoms with Crippen molar-refractivity contribution in [2.75, 3.05) is 37.6 Å². The molecule has 0 radical (unpaired) electrons. The lowest BCUT2D eigenvalue weighted by atomic mass is 10.2. The highest BCUT2D eigenvalue weighted by molar-refractivity contribution is 6.41. The predicted octanol–water partition coefficient (Wildman–Crippen LogP) is 5.70. The van der Waals surface area contributed by atoms with Crippen LogP contribution in [0.15, 0.2) is 76.7 Å². The molecule has 0 aliphatic heterocycles. The third-order valence-electron chi connectivity index (χ3n) is 5.28. The standard InChI is InChI=1S/C26H27Cl2N7O3/c1-30-21(33-18-10-6-5-9-17(18)29)13-22(31-2)35(15-16-8-7-11-32-14-16)26(36)34-25-23(27)19(37-3)12-20(38-4)24(25)28/h5-14,33H,1,15,29H2,2-4H3,(H,34,36)/b21-13+,31-22?. The summed E-state index contributed by atoms with van der Waals surface area (Å²) in [5.74, 6) is 1.10. The first-order chi connectivity index (χ1) is 18.3. The number of hydrogen-bond acceptors (Lipinski definition) is 8. The van der Waals surface area contributed by atoms with E-state index in [4.69, 9.17) is 38.4 Å². The van der Waals surface area contributed by atoms with Crippen LogP contribution in [0.2, 0.25) is 10.0 Å². The number of nitrogen functional groups attached to an aromatic ring is 1. The van der Waals surface area contributed by atoms with Gasteiger partial charge in [-0.1, -0.05) is 41.4 Å². The smallest absolute Gasteiger partial charge is 0.327 e. The minimum absolute atomic E-state index is 0.105. The number of rotatable bonds is 9. The number of nitrogens with zero attached hydrogens (tertiary/aromatic N) is 4. The summed E-state index contributed by atoms with van der Waals surface area (Å²) < 4.78 is 10.6. The Kier molecular flexibility index (Phi) is 9.92. The number of benzene rings is 2. The number of pyridine rings is 1. The van der Waals surface area contributed by atoms with E-state index < -0.39 is 6.03 Å². The average molecular weight is 556 g/mol.